The van der Waals surface area contributed by atoms with Crippen molar-refractivity contribution in [3.8, 4) is 5.75 Å². The molecule has 0 bridgehead atoms. The van der Waals surface area contributed by atoms with Crippen molar-refractivity contribution in [2.24, 2.45) is 0 Å². The Morgan fingerprint density at radius 1 is 1.09 bits per heavy atom. The maximum absolute atomic E-state index is 5.58. The Labute approximate surface area is 131 Å². The molecule has 2 N–H and O–H groups in total. The van der Waals surface area contributed by atoms with Gasteiger partial charge in [-0.05, 0) is 43.3 Å². The highest BCUT2D eigenvalue weighted by molar-refractivity contribution is 5.90. The molecule has 1 aromatic heterocycles. The minimum absolute atomic E-state index is 0.346. The molecule has 0 unspecified atom stereocenters. The van der Waals surface area contributed by atoms with E-state index in [0.29, 0.717) is 5.92 Å². The number of nitrogens with one attached hydrogen (secondary N) is 2. The maximum atomic E-state index is 5.58. The molecule has 3 heteroatoms. The molecule has 2 aromatic carbocycles. The highest BCUT2D eigenvalue weighted by Gasteiger charge is 2.19. The Balaban J connectivity index is 2.12. The zero-order chi connectivity index (χ0) is 15.4. The van der Waals surface area contributed by atoms with Gasteiger partial charge >= 0.3 is 0 Å². The average molecular weight is 294 g/mol. The van der Waals surface area contributed by atoms with E-state index in [1.165, 1.54) is 16.5 Å². The molecule has 114 valence electrons. The fourth-order valence-electron chi connectivity index (χ4n) is 3.10. The van der Waals surface area contributed by atoms with Crippen LogP contribution in [0.4, 0.5) is 0 Å². The van der Waals surface area contributed by atoms with Crippen molar-refractivity contribution >= 4 is 10.9 Å². The number of methoxy groups -OCH3 is 1. The number of rotatable bonds is 6. The van der Waals surface area contributed by atoms with Crippen LogP contribution in [0.2, 0.25) is 0 Å². The van der Waals surface area contributed by atoms with Gasteiger partial charge in [-0.15, -0.1) is 0 Å². The van der Waals surface area contributed by atoms with E-state index in [2.05, 4.69) is 52.9 Å². The van der Waals surface area contributed by atoms with Gasteiger partial charge in [0, 0.05) is 23.0 Å². The summed E-state index contributed by atoms with van der Waals surface area (Å²) in [6.45, 7) is 0.974. The van der Waals surface area contributed by atoms with Gasteiger partial charge in [0.25, 0.3) is 0 Å². The molecule has 1 atom stereocenters. The van der Waals surface area contributed by atoms with Crippen molar-refractivity contribution in [3.05, 3.63) is 65.9 Å². The van der Waals surface area contributed by atoms with Gasteiger partial charge in [0.05, 0.1) is 7.11 Å². The minimum atomic E-state index is 0.346. The van der Waals surface area contributed by atoms with Crippen molar-refractivity contribution in [1.29, 1.82) is 0 Å². The second kappa shape index (κ2) is 6.67. The normalized spacial score (nSPS) is 12.5. The lowest BCUT2D eigenvalue weighted by molar-refractivity contribution is 0.419. The van der Waals surface area contributed by atoms with E-state index in [0.717, 1.165) is 24.2 Å². The summed E-state index contributed by atoms with van der Waals surface area (Å²) in [6, 6.07) is 16.8. The van der Waals surface area contributed by atoms with Crippen molar-refractivity contribution in [3.63, 3.8) is 0 Å². The predicted octanol–water partition coefficient (Wildman–Crippen LogP) is 3.92. The summed E-state index contributed by atoms with van der Waals surface area (Å²) in [5, 5.41) is 4.45. The molecule has 3 nitrogen and oxygen atoms in total. The van der Waals surface area contributed by atoms with E-state index in [4.69, 9.17) is 4.74 Å². The Bertz CT molecular complexity index is 734. The van der Waals surface area contributed by atoms with Crippen LogP contribution >= 0.6 is 0 Å². The lowest BCUT2D eigenvalue weighted by Crippen LogP contribution is -2.13. The Kier molecular flexibility index (Phi) is 4.45. The average Bonchev–Trinajstić information content (AvgIpc) is 3.00. The molecule has 3 rings (SSSR count). The van der Waals surface area contributed by atoms with Crippen LogP contribution in [0, 0.1) is 0 Å². The largest absolute Gasteiger partial charge is 0.496 e. The van der Waals surface area contributed by atoms with Crippen molar-refractivity contribution in [2.45, 2.75) is 12.3 Å². The summed E-state index contributed by atoms with van der Waals surface area (Å²) in [4.78, 5) is 3.39. The molecule has 0 spiro atoms. The van der Waals surface area contributed by atoms with E-state index in [-0.39, 0.29) is 0 Å². The van der Waals surface area contributed by atoms with E-state index in [1.807, 2.05) is 19.2 Å². The molecule has 0 aliphatic heterocycles. The Hall–Kier alpha value is -2.26. The first kappa shape index (κ1) is 14.7. The van der Waals surface area contributed by atoms with Crippen molar-refractivity contribution in [1.82, 2.24) is 10.3 Å². The fourth-order valence-corrected chi connectivity index (χ4v) is 3.10. The number of aromatic nitrogens is 1. The van der Waals surface area contributed by atoms with Gasteiger partial charge in [0.15, 0.2) is 0 Å². The number of ether oxygens (including phenoxy) is 1. The van der Waals surface area contributed by atoms with Gasteiger partial charge in [-0.3, -0.25) is 0 Å². The third-order valence-corrected chi connectivity index (χ3v) is 4.18. The summed E-state index contributed by atoms with van der Waals surface area (Å²) in [5.74, 6) is 1.28. The number of H-pyrrole nitrogens is 1. The number of hydrogen-bond donors (Lipinski definition) is 2. The topological polar surface area (TPSA) is 37.0 Å². The molecule has 3 aromatic rings. The van der Waals surface area contributed by atoms with Gasteiger partial charge in [-0.2, -0.15) is 0 Å². The summed E-state index contributed by atoms with van der Waals surface area (Å²) in [5.41, 5.74) is 3.76. The van der Waals surface area contributed by atoms with E-state index in [1.54, 1.807) is 7.11 Å². The third-order valence-electron chi connectivity index (χ3n) is 4.18. The predicted molar refractivity (Wildman–Crippen MR) is 91.7 cm³/mol. The summed E-state index contributed by atoms with van der Waals surface area (Å²) < 4.78 is 5.58. The molecule has 1 heterocycles. The first-order valence-electron chi connectivity index (χ1n) is 7.68. The second-order valence-corrected chi connectivity index (χ2v) is 5.48. The fraction of sp³-hybridized carbons (Fsp3) is 0.263. The number of hydrogen-bond acceptors (Lipinski definition) is 2. The second-order valence-electron chi connectivity index (χ2n) is 5.48. The molecular weight excluding hydrogens is 272 g/mol. The summed E-state index contributed by atoms with van der Waals surface area (Å²) >= 11 is 0. The monoisotopic (exact) mass is 294 g/mol. The molecule has 0 fully saturated rings. The van der Waals surface area contributed by atoms with Crippen LogP contribution in [0.25, 0.3) is 10.9 Å². The van der Waals surface area contributed by atoms with Crippen molar-refractivity contribution in [2.75, 3.05) is 20.7 Å². The molecule has 22 heavy (non-hydrogen) atoms. The third kappa shape index (κ3) is 2.72. The lowest BCUT2D eigenvalue weighted by atomic mass is 9.88. The Morgan fingerprint density at radius 3 is 2.64 bits per heavy atom. The molecular formula is C19H22N2O. The van der Waals surface area contributed by atoms with Crippen LogP contribution in [-0.2, 0) is 0 Å². The highest BCUT2D eigenvalue weighted by atomic mass is 16.5. The van der Waals surface area contributed by atoms with Crippen LogP contribution in [0.5, 0.6) is 5.75 Å². The smallest absolute Gasteiger partial charge is 0.128 e. The van der Waals surface area contributed by atoms with Gasteiger partial charge < -0.3 is 15.0 Å². The molecule has 0 aliphatic rings. The molecule has 0 saturated heterocycles. The highest BCUT2D eigenvalue weighted by Crippen LogP contribution is 2.37. The Morgan fingerprint density at radius 2 is 1.91 bits per heavy atom. The molecule has 0 amide bonds. The van der Waals surface area contributed by atoms with Crippen LogP contribution in [0.15, 0.2) is 54.7 Å². The standard InChI is InChI=1S/C19H22N2O/c1-20-12-11-15(14-7-4-3-5-8-14)16-13-21-17-9-6-10-18(22-2)19(16)17/h3-10,13,15,20-21H,11-12H2,1-2H3/t15-/m0/s1. The summed E-state index contributed by atoms with van der Waals surface area (Å²) in [6.07, 6.45) is 3.17. The van der Waals surface area contributed by atoms with Crippen LogP contribution in [0.3, 0.4) is 0 Å². The van der Waals surface area contributed by atoms with Crippen LogP contribution in [0.1, 0.15) is 23.5 Å². The number of aromatic amines is 1. The number of fused-ring (bicyclic) bond motifs is 1. The SMILES string of the molecule is CNCC[C@@H](c1ccccc1)c1c[nH]c2cccc(OC)c12. The number of benzene rings is 2. The first-order valence-corrected chi connectivity index (χ1v) is 7.68. The van der Waals surface area contributed by atoms with Gasteiger partial charge in [0.1, 0.15) is 5.75 Å². The van der Waals surface area contributed by atoms with Crippen molar-refractivity contribution < 1.29 is 4.74 Å². The minimum Gasteiger partial charge on any atom is -0.496 e. The van der Waals surface area contributed by atoms with Gasteiger partial charge in [-0.25, -0.2) is 0 Å². The first-order chi connectivity index (χ1) is 10.8. The van der Waals surface area contributed by atoms with E-state index in [9.17, 15) is 0 Å². The van der Waals surface area contributed by atoms with Gasteiger partial charge in [0.2, 0.25) is 0 Å². The zero-order valence-corrected chi connectivity index (χ0v) is 13.1. The molecule has 0 saturated carbocycles. The molecule has 0 aliphatic carbocycles. The lowest BCUT2D eigenvalue weighted by Gasteiger charge is -2.18. The van der Waals surface area contributed by atoms with Gasteiger partial charge in [-0.1, -0.05) is 36.4 Å². The summed E-state index contributed by atoms with van der Waals surface area (Å²) in [7, 11) is 3.73. The molecule has 0 radical (unpaired) electrons. The maximum Gasteiger partial charge on any atom is 0.128 e. The quantitative estimate of drug-likeness (QED) is 0.723. The zero-order valence-electron chi connectivity index (χ0n) is 13.1. The van der Waals surface area contributed by atoms with E-state index >= 15 is 0 Å². The van der Waals surface area contributed by atoms with Crippen LogP contribution < -0.4 is 10.1 Å². The van der Waals surface area contributed by atoms with Crippen LogP contribution in [-0.4, -0.2) is 25.7 Å². The van der Waals surface area contributed by atoms with E-state index < -0.39 is 0 Å².